The van der Waals surface area contributed by atoms with Gasteiger partial charge in [-0.05, 0) is 37.7 Å². The Balaban J connectivity index is 0.00000320. The Morgan fingerprint density at radius 2 is 1.87 bits per heavy atom. The van der Waals surface area contributed by atoms with Crippen LogP contribution in [0, 0.1) is 5.92 Å². The molecule has 0 spiro atoms. The summed E-state index contributed by atoms with van der Waals surface area (Å²) >= 11 is 0. The van der Waals surface area contributed by atoms with Crippen LogP contribution in [-0.4, -0.2) is 64.0 Å². The summed E-state index contributed by atoms with van der Waals surface area (Å²) in [6, 6.07) is 7.96. The molecule has 0 aromatic heterocycles. The molecule has 3 rings (SSSR count). The summed E-state index contributed by atoms with van der Waals surface area (Å²) in [5.41, 5.74) is 1.07. The third kappa shape index (κ3) is 7.89. The lowest BCUT2D eigenvalue weighted by Crippen LogP contribution is -2.47. The number of para-hydroxylation sites is 1. The van der Waals surface area contributed by atoms with Crippen molar-refractivity contribution in [2.24, 2.45) is 10.9 Å². The highest BCUT2D eigenvalue weighted by Crippen LogP contribution is 2.26. The number of nitrogens with zero attached hydrogens (tertiary/aromatic N) is 2. The highest BCUT2D eigenvalue weighted by atomic mass is 127. The summed E-state index contributed by atoms with van der Waals surface area (Å²) in [6.45, 7) is 4.86. The van der Waals surface area contributed by atoms with E-state index in [1.165, 1.54) is 25.7 Å². The molecule has 0 atom stereocenters. The number of likely N-dealkylation sites (tertiary alicyclic amines) is 1. The zero-order valence-electron chi connectivity index (χ0n) is 18.5. The van der Waals surface area contributed by atoms with Crippen LogP contribution < -0.4 is 10.1 Å². The second-order valence-corrected chi connectivity index (χ2v) is 8.01. The van der Waals surface area contributed by atoms with Crippen LogP contribution in [0.2, 0.25) is 0 Å². The average molecular weight is 531 g/mol. The van der Waals surface area contributed by atoms with Crippen LogP contribution in [0.4, 0.5) is 0 Å². The topological polar surface area (TPSA) is 55.3 Å². The Morgan fingerprint density at radius 1 is 1.13 bits per heavy atom. The molecule has 170 valence electrons. The molecule has 30 heavy (non-hydrogen) atoms. The van der Waals surface area contributed by atoms with Crippen molar-refractivity contribution in [2.75, 3.05) is 47.0 Å². The molecule has 6 nitrogen and oxygen atoms in total. The first kappa shape index (κ1) is 25.2. The van der Waals surface area contributed by atoms with Gasteiger partial charge in [-0.1, -0.05) is 31.0 Å². The van der Waals surface area contributed by atoms with Gasteiger partial charge in [-0.25, -0.2) is 0 Å². The summed E-state index contributed by atoms with van der Waals surface area (Å²) in [7, 11) is 3.54. The van der Waals surface area contributed by atoms with E-state index in [4.69, 9.17) is 14.2 Å². The summed E-state index contributed by atoms with van der Waals surface area (Å²) in [5, 5.41) is 3.42. The molecule has 1 aromatic rings. The van der Waals surface area contributed by atoms with E-state index < -0.39 is 0 Å². The maximum absolute atomic E-state index is 6.19. The molecule has 0 bridgehead atoms. The van der Waals surface area contributed by atoms with E-state index in [2.05, 4.69) is 15.2 Å². The predicted octanol–water partition coefficient (Wildman–Crippen LogP) is 4.08. The number of hydrogen-bond acceptors (Lipinski definition) is 4. The van der Waals surface area contributed by atoms with E-state index in [1.807, 2.05) is 31.3 Å². The second-order valence-electron chi connectivity index (χ2n) is 8.01. The van der Waals surface area contributed by atoms with Gasteiger partial charge in [-0.2, -0.15) is 0 Å². The molecular formula is C23H38IN3O3. The number of piperidine rings is 1. The first-order chi connectivity index (χ1) is 14.3. The number of nitrogens with one attached hydrogen (secondary N) is 1. The van der Waals surface area contributed by atoms with Gasteiger partial charge in [-0.3, -0.25) is 4.99 Å². The molecule has 1 saturated carbocycles. The lowest BCUT2D eigenvalue weighted by Gasteiger charge is -2.34. The van der Waals surface area contributed by atoms with Crippen LogP contribution in [0.3, 0.4) is 0 Å². The lowest BCUT2D eigenvalue weighted by molar-refractivity contribution is 0.000953. The summed E-state index contributed by atoms with van der Waals surface area (Å²) in [4.78, 5) is 6.77. The highest BCUT2D eigenvalue weighted by molar-refractivity contribution is 14.0. The Bertz CT molecular complexity index is 630. The number of guanidine groups is 1. The fraction of sp³-hybridized carbons (Fsp3) is 0.696. The van der Waals surface area contributed by atoms with Gasteiger partial charge in [0.25, 0.3) is 0 Å². The van der Waals surface area contributed by atoms with Gasteiger partial charge in [0.15, 0.2) is 5.96 Å². The van der Waals surface area contributed by atoms with Crippen LogP contribution in [-0.2, 0) is 16.1 Å². The molecule has 1 aliphatic carbocycles. The van der Waals surface area contributed by atoms with Crippen molar-refractivity contribution in [3.63, 3.8) is 0 Å². The van der Waals surface area contributed by atoms with Gasteiger partial charge in [0.1, 0.15) is 5.75 Å². The zero-order chi connectivity index (χ0) is 20.3. The number of benzene rings is 1. The van der Waals surface area contributed by atoms with Gasteiger partial charge in [0.05, 0.1) is 26.4 Å². The van der Waals surface area contributed by atoms with Gasteiger partial charge in [0.2, 0.25) is 0 Å². The quantitative estimate of drug-likeness (QED) is 0.225. The average Bonchev–Trinajstić information content (AvgIpc) is 3.29. The Kier molecular flexibility index (Phi) is 11.8. The van der Waals surface area contributed by atoms with Crippen molar-refractivity contribution in [1.29, 1.82) is 0 Å². The van der Waals surface area contributed by atoms with E-state index in [0.717, 1.165) is 62.3 Å². The maximum Gasteiger partial charge on any atom is 0.193 e. The van der Waals surface area contributed by atoms with Gasteiger partial charge in [0, 0.05) is 38.9 Å². The summed E-state index contributed by atoms with van der Waals surface area (Å²) in [6.07, 6.45) is 8.06. The molecule has 7 heteroatoms. The molecule has 1 N–H and O–H groups in total. The fourth-order valence-electron chi connectivity index (χ4n) is 4.26. The minimum absolute atomic E-state index is 0. The van der Waals surface area contributed by atoms with E-state index >= 15 is 0 Å². The standard InChI is InChI=1S/C23H37N3O3.HI/c1-24-23(25-13-16-28-18-20-9-5-6-10-22(20)27-2)26-14-11-21(12-15-26)29-17-19-7-3-4-8-19;/h5-6,9-10,19,21H,3-4,7-8,11-18H2,1-2H3,(H,24,25);1H. The smallest absolute Gasteiger partial charge is 0.193 e. The van der Waals surface area contributed by atoms with Gasteiger partial charge in [-0.15, -0.1) is 24.0 Å². The zero-order valence-corrected chi connectivity index (χ0v) is 20.8. The molecule has 2 fully saturated rings. The predicted molar refractivity (Wildman–Crippen MR) is 132 cm³/mol. The van der Waals surface area contributed by atoms with Crippen molar-refractivity contribution in [2.45, 2.75) is 51.2 Å². The number of ether oxygens (including phenoxy) is 3. The molecule has 2 aliphatic rings. The molecule has 1 heterocycles. The molecule has 1 aromatic carbocycles. The number of hydrogen-bond donors (Lipinski definition) is 1. The third-order valence-electron chi connectivity index (χ3n) is 5.98. The van der Waals surface area contributed by atoms with Gasteiger partial charge >= 0.3 is 0 Å². The van der Waals surface area contributed by atoms with E-state index in [-0.39, 0.29) is 24.0 Å². The first-order valence-corrected chi connectivity index (χ1v) is 11.1. The monoisotopic (exact) mass is 531 g/mol. The third-order valence-corrected chi connectivity index (χ3v) is 5.98. The highest BCUT2D eigenvalue weighted by Gasteiger charge is 2.23. The van der Waals surface area contributed by atoms with E-state index in [0.29, 0.717) is 19.3 Å². The number of halogens is 1. The molecule has 1 saturated heterocycles. The van der Waals surface area contributed by atoms with Gasteiger partial charge < -0.3 is 24.4 Å². The number of methoxy groups -OCH3 is 1. The first-order valence-electron chi connectivity index (χ1n) is 11.1. The Morgan fingerprint density at radius 3 is 2.57 bits per heavy atom. The largest absolute Gasteiger partial charge is 0.496 e. The minimum Gasteiger partial charge on any atom is -0.496 e. The molecular weight excluding hydrogens is 493 g/mol. The van der Waals surface area contributed by atoms with E-state index in [9.17, 15) is 0 Å². The summed E-state index contributed by atoms with van der Waals surface area (Å²) < 4.78 is 17.4. The van der Waals surface area contributed by atoms with Crippen molar-refractivity contribution < 1.29 is 14.2 Å². The van der Waals surface area contributed by atoms with Crippen molar-refractivity contribution >= 4 is 29.9 Å². The van der Waals surface area contributed by atoms with Crippen molar-refractivity contribution in [3.8, 4) is 5.75 Å². The lowest BCUT2D eigenvalue weighted by atomic mass is 10.1. The maximum atomic E-state index is 6.19. The second kappa shape index (κ2) is 14.1. The van der Waals surface area contributed by atoms with Crippen LogP contribution in [0.15, 0.2) is 29.3 Å². The van der Waals surface area contributed by atoms with Crippen molar-refractivity contribution in [3.05, 3.63) is 29.8 Å². The minimum atomic E-state index is 0. The molecule has 0 unspecified atom stereocenters. The van der Waals surface area contributed by atoms with Crippen molar-refractivity contribution in [1.82, 2.24) is 10.2 Å². The Labute approximate surface area is 198 Å². The van der Waals surface area contributed by atoms with Crippen LogP contribution in [0.25, 0.3) is 0 Å². The number of rotatable bonds is 9. The molecule has 0 radical (unpaired) electrons. The molecule has 1 aliphatic heterocycles. The van der Waals surface area contributed by atoms with Crippen LogP contribution >= 0.6 is 24.0 Å². The molecule has 0 amide bonds. The fourth-order valence-corrected chi connectivity index (χ4v) is 4.26. The Hall–Kier alpha value is -1.06. The number of aliphatic imine (C=N–C) groups is 1. The normalized spacial score (nSPS) is 18.3. The van der Waals surface area contributed by atoms with Crippen LogP contribution in [0.5, 0.6) is 5.75 Å². The van der Waals surface area contributed by atoms with Crippen LogP contribution in [0.1, 0.15) is 44.1 Å². The van der Waals surface area contributed by atoms with E-state index in [1.54, 1.807) is 7.11 Å². The summed E-state index contributed by atoms with van der Waals surface area (Å²) in [5.74, 6) is 2.63. The SMILES string of the molecule is CN=C(NCCOCc1ccccc1OC)N1CCC(OCC2CCCC2)CC1.I.